The number of aromatic nitrogens is 1. The van der Waals surface area contributed by atoms with E-state index in [2.05, 4.69) is 4.98 Å². The van der Waals surface area contributed by atoms with E-state index in [1.807, 2.05) is 0 Å². The van der Waals surface area contributed by atoms with E-state index >= 15 is 0 Å². The maximum absolute atomic E-state index is 12.3. The lowest BCUT2D eigenvalue weighted by molar-refractivity contribution is -0.154. The third-order valence-electron chi connectivity index (χ3n) is 2.64. The number of carbonyl (C=O) groups excluding carboxylic acids is 1. The average Bonchev–Trinajstić information content (AvgIpc) is 2.45. The molecule has 0 spiro atoms. The van der Waals surface area contributed by atoms with Crippen molar-refractivity contribution in [2.75, 3.05) is 6.61 Å². The lowest BCUT2D eigenvalue weighted by atomic mass is 10.1. The first-order valence-electron chi connectivity index (χ1n) is 6.02. The first kappa shape index (κ1) is 16.1. The van der Waals surface area contributed by atoms with E-state index in [0.29, 0.717) is 16.1 Å². The molecule has 0 radical (unpaired) electrons. The number of rotatable bonds is 4. The van der Waals surface area contributed by atoms with E-state index < -0.39 is 18.7 Å². The molecule has 0 aliphatic carbocycles. The first-order chi connectivity index (χ1) is 10.3. The molecule has 1 aromatic carbocycles. The second-order valence-electron chi connectivity index (χ2n) is 4.32. The number of benzene rings is 1. The Morgan fingerprint density at radius 1 is 1.18 bits per heavy atom. The molecule has 0 bridgehead atoms. The van der Waals surface area contributed by atoms with E-state index in [1.54, 1.807) is 24.3 Å². The molecule has 2 aromatic rings. The van der Waals surface area contributed by atoms with Crippen LogP contribution in [0, 0.1) is 0 Å². The number of hydrogen-bond donors (Lipinski definition) is 1. The second kappa shape index (κ2) is 6.23. The number of hydrogen-bond acceptors (Lipinski definition) is 3. The Hall–Kier alpha value is -2.28. The number of halogens is 4. The highest BCUT2D eigenvalue weighted by Crippen LogP contribution is 2.30. The van der Waals surface area contributed by atoms with E-state index in [9.17, 15) is 18.0 Å². The summed E-state index contributed by atoms with van der Waals surface area (Å²) in [7, 11) is 0. The molecule has 1 heterocycles. The topological polar surface area (TPSA) is 65.2 Å². The van der Waals surface area contributed by atoms with E-state index in [0.717, 1.165) is 0 Å². The minimum atomic E-state index is -4.53. The molecule has 1 amide bonds. The molecule has 0 aliphatic rings. The van der Waals surface area contributed by atoms with Gasteiger partial charge in [-0.05, 0) is 29.8 Å². The third kappa shape index (κ3) is 4.11. The van der Waals surface area contributed by atoms with Crippen LogP contribution in [-0.4, -0.2) is 23.7 Å². The molecular weight excluding hydrogens is 321 g/mol. The minimum absolute atomic E-state index is 0.185. The number of amides is 1. The van der Waals surface area contributed by atoms with Crippen molar-refractivity contribution in [2.24, 2.45) is 5.73 Å². The number of carbonyl (C=O) groups is 1. The van der Waals surface area contributed by atoms with Crippen molar-refractivity contribution in [3.05, 3.63) is 47.1 Å². The second-order valence-corrected chi connectivity index (χ2v) is 4.76. The van der Waals surface area contributed by atoms with Crippen LogP contribution in [0.4, 0.5) is 13.2 Å². The zero-order valence-corrected chi connectivity index (χ0v) is 11.8. The fourth-order valence-corrected chi connectivity index (χ4v) is 1.81. The molecule has 22 heavy (non-hydrogen) atoms. The van der Waals surface area contributed by atoms with Gasteiger partial charge in [0.1, 0.15) is 5.69 Å². The van der Waals surface area contributed by atoms with Crippen LogP contribution in [0.1, 0.15) is 10.5 Å². The molecule has 2 rings (SSSR count). The van der Waals surface area contributed by atoms with Gasteiger partial charge in [-0.3, -0.25) is 4.79 Å². The van der Waals surface area contributed by atoms with Crippen molar-refractivity contribution in [3.8, 4) is 17.0 Å². The summed E-state index contributed by atoms with van der Waals surface area (Å²) in [6.45, 7) is -1.52. The molecule has 2 N–H and O–H groups in total. The predicted molar refractivity (Wildman–Crippen MR) is 74.8 cm³/mol. The SMILES string of the molecule is NC(=O)c1ccc(-c2ccc(Cl)cc2)c(OCC(F)(F)F)n1. The fraction of sp³-hybridized carbons (Fsp3) is 0.143. The maximum atomic E-state index is 12.3. The summed E-state index contributed by atoms with van der Waals surface area (Å²) in [5.74, 6) is -1.18. The van der Waals surface area contributed by atoms with E-state index in [1.165, 1.54) is 12.1 Å². The van der Waals surface area contributed by atoms with Gasteiger partial charge in [0.05, 0.1) is 0 Å². The Morgan fingerprint density at radius 3 is 2.36 bits per heavy atom. The number of nitrogens with two attached hydrogens (primary N) is 1. The molecule has 116 valence electrons. The smallest absolute Gasteiger partial charge is 0.422 e. The molecule has 1 aromatic heterocycles. The normalized spacial score (nSPS) is 11.3. The molecule has 4 nitrogen and oxygen atoms in total. The van der Waals surface area contributed by atoms with Gasteiger partial charge in [0.2, 0.25) is 5.88 Å². The monoisotopic (exact) mass is 330 g/mol. The Balaban J connectivity index is 2.43. The summed E-state index contributed by atoms with van der Waals surface area (Å²) in [6.07, 6.45) is -4.53. The van der Waals surface area contributed by atoms with Crippen molar-refractivity contribution < 1.29 is 22.7 Å². The van der Waals surface area contributed by atoms with Gasteiger partial charge in [0.15, 0.2) is 6.61 Å². The summed E-state index contributed by atoms with van der Waals surface area (Å²) in [6, 6.07) is 9.08. The fourth-order valence-electron chi connectivity index (χ4n) is 1.69. The lowest BCUT2D eigenvalue weighted by Crippen LogP contribution is -2.21. The van der Waals surface area contributed by atoms with Crippen molar-refractivity contribution in [2.45, 2.75) is 6.18 Å². The summed E-state index contributed by atoms with van der Waals surface area (Å²) in [5, 5.41) is 0.475. The van der Waals surface area contributed by atoms with Crippen molar-refractivity contribution >= 4 is 17.5 Å². The quantitative estimate of drug-likeness (QED) is 0.934. The third-order valence-corrected chi connectivity index (χ3v) is 2.89. The molecule has 8 heteroatoms. The highest BCUT2D eigenvalue weighted by molar-refractivity contribution is 6.30. The van der Waals surface area contributed by atoms with Crippen LogP contribution in [0.25, 0.3) is 11.1 Å². The molecule has 0 fully saturated rings. The summed E-state index contributed by atoms with van der Waals surface area (Å²) in [4.78, 5) is 14.9. The van der Waals surface area contributed by atoms with Crippen LogP contribution in [0.5, 0.6) is 5.88 Å². The molecule has 0 aliphatic heterocycles. The highest BCUT2D eigenvalue weighted by atomic mass is 35.5. The van der Waals surface area contributed by atoms with Gasteiger partial charge in [-0.2, -0.15) is 13.2 Å². The number of nitrogens with zero attached hydrogens (tertiary/aromatic N) is 1. The van der Waals surface area contributed by atoms with E-state index in [4.69, 9.17) is 22.1 Å². The van der Waals surface area contributed by atoms with Gasteiger partial charge in [-0.25, -0.2) is 4.98 Å². The van der Waals surface area contributed by atoms with Gasteiger partial charge >= 0.3 is 6.18 Å². The lowest BCUT2D eigenvalue weighted by Gasteiger charge is -2.13. The van der Waals surface area contributed by atoms with Crippen molar-refractivity contribution in [3.63, 3.8) is 0 Å². The molecule has 0 saturated heterocycles. The Bertz CT molecular complexity index is 687. The minimum Gasteiger partial charge on any atom is -0.468 e. The zero-order valence-electron chi connectivity index (χ0n) is 11.0. The predicted octanol–water partition coefficient (Wildman–Crippen LogP) is 3.44. The summed E-state index contributed by atoms with van der Waals surface area (Å²) >= 11 is 5.77. The summed E-state index contributed by atoms with van der Waals surface area (Å²) < 4.78 is 41.7. The summed E-state index contributed by atoms with van der Waals surface area (Å²) in [5.41, 5.74) is 5.73. The number of ether oxygens (including phenoxy) is 1. The van der Waals surface area contributed by atoms with Crippen molar-refractivity contribution in [1.29, 1.82) is 0 Å². The van der Waals surface area contributed by atoms with Gasteiger partial charge in [0, 0.05) is 10.6 Å². The average molecular weight is 331 g/mol. The van der Waals surface area contributed by atoms with Gasteiger partial charge in [-0.1, -0.05) is 23.7 Å². The molecular formula is C14H10ClF3N2O2. The number of primary amides is 1. The standard InChI is InChI=1S/C14H10ClF3N2O2/c15-9-3-1-8(2-4-9)10-5-6-11(12(19)21)20-13(10)22-7-14(16,17)18/h1-6H,7H2,(H2,19,21). The zero-order chi connectivity index (χ0) is 16.3. The Labute approximate surface area is 128 Å². The van der Waals surface area contributed by atoms with Crippen LogP contribution >= 0.6 is 11.6 Å². The Morgan fingerprint density at radius 2 is 1.82 bits per heavy atom. The largest absolute Gasteiger partial charge is 0.468 e. The van der Waals surface area contributed by atoms with E-state index in [-0.39, 0.29) is 11.6 Å². The molecule has 0 unspecified atom stereocenters. The van der Waals surface area contributed by atoms with Crippen molar-refractivity contribution in [1.82, 2.24) is 4.98 Å². The van der Waals surface area contributed by atoms with Gasteiger partial charge < -0.3 is 10.5 Å². The molecule has 0 atom stereocenters. The number of alkyl halides is 3. The van der Waals surface area contributed by atoms with Crippen LogP contribution < -0.4 is 10.5 Å². The highest BCUT2D eigenvalue weighted by Gasteiger charge is 2.29. The maximum Gasteiger partial charge on any atom is 0.422 e. The van der Waals surface area contributed by atoms with Crippen LogP contribution in [0.15, 0.2) is 36.4 Å². The van der Waals surface area contributed by atoms with Crippen LogP contribution in [0.2, 0.25) is 5.02 Å². The first-order valence-corrected chi connectivity index (χ1v) is 6.40. The van der Waals surface area contributed by atoms with Gasteiger partial charge in [0.25, 0.3) is 5.91 Å². The van der Waals surface area contributed by atoms with Crippen LogP contribution in [0.3, 0.4) is 0 Å². The Kier molecular flexibility index (Phi) is 4.56. The number of pyridine rings is 1. The van der Waals surface area contributed by atoms with Crippen LogP contribution in [-0.2, 0) is 0 Å². The van der Waals surface area contributed by atoms with Gasteiger partial charge in [-0.15, -0.1) is 0 Å². The molecule has 0 saturated carbocycles.